The van der Waals surface area contributed by atoms with Gasteiger partial charge >= 0.3 is 0 Å². The molecule has 8 nitrogen and oxygen atoms in total. The van der Waals surface area contributed by atoms with Crippen LogP contribution in [0.4, 0.5) is 11.4 Å². The minimum atomic E-state index is -0.445. The first kappa shape index (κ1) is 23.2. The van der Waals surface area contributed by atoms with E-state index in [4.69, 9.17) is 16.0 Å². The second-order valence-electron chi connectivity index (χ2n) is 8.19. The average Bonchev–Trinajstić information content (AvgIpc) is 3.48. The minimum Gasteiger partial charge on any atom is -0.456 e. The van der Waals surface area contributed by atoms with Crippen LogP contribution in [0.15, 0.2) is 68.9 Å². The number of para-hydroxylation sites is 1. The molecule has 35 heavy (non-hydrogen) atoms. The van der Waals surface area contributed by atoms with Crippen molar-refractivity contribution in [2.24, 2.45) is 4.99 Å². The Morgan fingerprint density at radius 3 is 2.57 bits per heavy atom. The number of hydrogen-bond donors (Lipinski definition) is 0. The molecule has 2 aliphatic rings. The highest BCUT2D eigenvalue weighted by Crippen LogP contribution is 2.34. The molecule has 3 heterocycles. The molecule has 0 radical (unpaired) electrons. The van der Waals surface area contributed by atoms with Crippen molar-refractivity contribution in [3.63, 3.8) is 0 Å². The molecule has 1 aromatic heterocycles. The van der Waals surface area contributed by atoms with Crippen molar-refractivity contribution in [2.45, 2.75) is 6.92 Å². The highest BCUT2D eigenvalue weighted by Gasteiger charge is 2.29. The highest BCUT2D eigenvalue weighted by atomic mass is 35.5. The Labute approximate surface area is 211 Å². The van der Waals surface area contributed by atoms with E-state index in [2.05, 4.69) is 20.9 Å². The maximum absolute atomic E-state index is 12.5. The van der Waals surface area contributed by atoms with Crippen molar-refractivity contribution in [3.8, 4) is 11.3 Å². The van der Waals surface area contributed by atoms with E-state index in [0.29, 0.717) is 27.2 Å². The Balaban J connectivity index is 1.25. The number of carbonyl (C=O) groups is 1. The smallest absolute Gasteiger partial charge is 0.286 e. The number of nitro groups is 1. The third kappa shape index (κ3) is 4.82. The molecule has 5 rings (SSSR count). The van der Waals surface area contributed by atoms with Gasteiger partial charge in [0.25, 0.3) is 11.6 Å². The van der Waals surface area contributed by atoms with Gasteiger partial charge in [-0.1, -0.05) is 29.8 Å². The number of nitrogens with zero attached hydrogens (tertiary/aromatic N) is 4. The van der Waals surface area contributed by atoms with Crippen LogP contribution in [0.25, 0.3) is 17.4 Å². The Morgan fingerprint density at radius 2 is 1.83 bits per heavy atom. The number of aliphatic imine (C=N–C) groups is 1. The zero-order valence-corrected chi connectivity index (χ0v) is 20.4. The van der Waals surface area contributed by atoms with Gasteiger partial charge in [-0.25, -0.2) is 0 Å². The Bertz CT molecular complexity index is 1380. The second-order valence-corrected chi connectivity index (χ2v) is 9.61. The summed E-state index contributed by atoms with van der Waals surface area (Å²) < 4.78 is 5.80. The largest absolute Gasteiger partial charge is 0.456 e. The molecule has 0 unspecified atom stereocenters. The summed E-state index contributed by atoms with van der Waals surface area (Å²) in [7, 11) is 0. The molecule has 0 aliphatic carbocycles. The van der Waals surface area contributed by atoms with Gasteiger partial charge in [0.1, 0.15) is 11.5 Å². The summed E-state index contributed by atoms with van der Waals surface area (Å²) in [6, 6.07) is 15.8. The molecule has 0 saturated carbocycles. The average molecular weight is 509 g/mol. The third-order valence-corrected chi connectivity index (χ3v) is 7.40. The first-order valence-corrected chi connectivity index (χ1v) is 12.2. The van der Waals surface area contributed by atoms with E-state index in [1.807, 2.05) is 19.1 Å². The molecular formula is C25H21ClN4O4S. The Morgan fingerprint density at radius 1 is 1.09 bits per heavy atom. The summed E-state index contributed by atoms with van der Waals surface area (Å²) in [5.41, 5.74) is 2.49. The molecule has 1 saturated heterocycles. The zero-order valence-electron chi connectivity index (χ0n) is 18.8. The summed E-state index contributed by atoms with van der Waals surface area (Å²) in [4.78, 5) is 32.5. The zero-order chi connectivity index (χ0) is 24.5. The predicted molar refractivity (Wildman–Crippen MR) is 139 cm³/mol. The lowest BCUT2D eigenvalue weighted by atomic mass is 10.1. The van der Waals surface area contributed by atoms with Gasteiger partial charge in [0.05, 0.1) is 15.4 Å². The number of halogens is 1. The molecule has 3 aromatic rings. The van der Waals surface area contributed by atoms with E-state index in [9.17, 15) is 14.9 Å². The highest BCUT2D eigenvalue weighted by molar-refractivity contribution is 8.18. The van der Waals surface area contributed by atoms with Crippen molar-refractivity contribution >= 4 is 51.9 Å². The monoisotopic (exact) mass is 508 g/mol. The van der Waals surface area contributed by atoms with Gasteiger partial charge in [-0.2, -0.15) is 4.99 Å². The third-order valence-electron chi connectivity index (χ3n) is 5.95. The molecule has 0 bridgehead atoms. The normalized spacial score (nSPS) is 17.3. The summed E-state index contributed by atoms with van der Waals surface area (Å²) >= 11 is 7.60. The quantitative estimate of drug-likeness (QED) is 0.257. The molecule has 1 amide bonds. The van der Waals surface area contributed by atoms with Crippen molar-refractivity contribution in [3.05, 3.63) is 86.0 Å². The summed E-state index contributed by atoms with van der Waals surface area (Å²) in [5.74, 6) is 0.487. The molecule has 0 spiro atoms. The maximum atomic E-state index is 12.5. The van der Waals surface area contributed by atoms with Crippen LogP contribution in [-0.4, -0.2) is 47.1 Å². The molecule has 2 aliphatic heterocycles. The number of aryl methyl sites for hydroxylation is 1. The number of thioether (sulfide) groups is 1. The maximum Gasteiger partial charge on any atom is 0.286 e. The van der Waals surface area contributed by atoms with Crippen molar-refractivity contribution in [1.82, 2.24) is 4.90 Å². The predicted octanol–water partition coefficient (Wildman–Crippen LogP) is 5.61. The topological polar surface area (TPSA) is 92.2 Å². The number of benzene rings is 2. The lowest BCUT2D eigenvalue weighted by molar-refractivity contribution is -0.384. The van der Waals surface area contributed by atoms with Crippen LogP contribution >= 0.6 is 23.4 Å². The van der Waals surface area contributed by atoms with E-state index >= 15 is 0 Å². The Hall–Kier alpha value is -3.56. The number of amidine groups is 1. The van der Waals surface area contributed by atoms with Crippen molar-refractivity contribution < 1.29 is 14.1 Å². The van der Waals surface area contributed by atoms with Gasteiger partial charge in [-0.05, 0) is 54.6 Å². The van der Waals surface area contributed by atoms with Crippen molar-refractivity contribution in [1.29, 1.82) is 0 Å². The molecular weight excluding hydrogens is 488 g/mol. The van der Waals surface area contributed by atoms with Gasteiger partial charge in [0, 0.05) is 49.0 Å². The van der Waals surface area contributed by atoms with Crippen molar-refractivity contribution in [2.75, 3.05) is 31.1 Å². The van der Waals surface area contributed by atoms with Gasteiger partial charge in [-0.15, -0.1) is 0 Å². The van der Waals surface area contributed by atoms with Crippen LogP contribution in [-0.2, 0) is 4.79 Å². The summed E-state index contributed by atoms with van der Waals surface area (Å²) in [5, 5.41) is 12.7. The number of hydrogen-bond acceptors (Lipinski definition) is 7. The van der Waals surface area contributed by atoms with Gasteiger partial charge < -0.3 is 14.2 Å². The molecule has 0 atom stereocenters. The van der Waals surface area contributed by atoms with Crippen LogP contribution in [0.5, 0.6) is 0 Å². The minimum absolute atomic E-state index is 0.0370. The lowest BCUT2D eigenvalue weighted by Gasteiger charge is -2.36. The van der Waals surface area contributed by atoms with E-state index in [1.54, 1.807) is 36.4 Å². The van der Waals surface area contributed by atoms with Crippen LogP contribution < -0.4 is 4.90 Å². The molecule has 0 N–H and O–H groups in total. The molecule has 10 heteroatoms. The number of anilines is 1. The van der Waals surface area contributed by atoms with Gasteiger partial charge in [0.2, 0.25) is 0 Å². The van der Waals surface area contributed by atoms with E-state index in [1.165, 1.54) is 17.8 Å². The fourth-order valence-corrected chi connectivity index (χ4v) is 5.13. The van der Waals surface area contributed by atoms with E-state index in [-0.39, 0.29) is 11.6 Å². The first-order chi connectivity index (χ1) is 16.9. The summed E-state index contributed by atoms with van der Waals surface area (Å²) in [6.45, 7) is 5.05. The lowest BCUT2D eigenvalue weighted by Crippen LogP contribution is -2.47. The summed E-state index contributed by atoms with van der Waals surface area (Å²) in [6.07, 6.45) is 1.63. The number of piperazine rings is 1. The Kier molecular flexibility index (Phi) is 6.36. The van der Waals surface area contributed by atoms with Crippen LogP contribution in [0.1, 0.15) is 11.3 Å². The fraction of sp³-hybridized carbons (Fsp3) is 0.200. The first-order valence-electron chi connectivity index (χ1n) is 11.0. The standard InChI is InChI=1S/C25H21ClN4O4S/c1-16-6-7-17(14-20(16)26)28-10-12-29(13-11-28)25-27-24(31)23(35-25)15-18-8-9-22(34-18)19-4-2-3-5-21(19)30(32)33/h2-9,14-15H,10-13H2,1H3/b23-15+. The van der Waals surface area contributed by atoms with Crippen LogP contribution in [0.2, 0.25) is 5.02 Å². The number of amides is 1. The SMILES string of the molecule is Cc1ccc(N2CCN(C3=NC(=O)/C(=C\c4ccc(-c5ccccc5[N+](=O)[O-])o4)S3)CC2)cc1Cl. The van der Waals surface area contributed by atoms with E-state index in [0.717, 1.165) is 42.5 Å². The molecule has 178 valence electrons. The molecule has 2 aromatic carbocycles. The van der Waals surface area contributed by atoms with Crippen LogP contribution in [0, 0.1) is 17.0 Å². The molecule has 1 fully saturated rings. The number of furan rings is 1. The van der Waals surface area contributed by atoms with E-state index < -0.39 is 4.92 Å². The fourth-order valence-electron chi connectivity index (χ4n) is 4.01. The number of rotatable bonds is 4. The number of nitro benzene ring substituents is 1. The number of carbonyl (C=O) groups excluding carboxylic acids is 1. The van der Waals surface area contributed by atoms with Gasteiger partial charge in [0.15, 0.2) is 5.17 Å². The van der Waals surface area contributed by atoms with Crippen LogP contribution in [0.3, 0.4) is 0 Å². The van der Waals surface area contributed by atoms with Gasteiger partial charge in [-0.3, -0.25) is 14.9 Å². The second kappa shape index (κ2) is 9.59.